The zero-order valence-electron chi connectivity index (χ0n) is 13.2. The van der Waals surface area contributed by atoms with Gasteiger partial charge in [-0.25, -0.2) is 0 Å². The molecule has 0 spiro atoms. The highest BCUT2D eigenvalue weighted by atomic mass is 35.5. The third-order valence-electron chi connectivity index (χ3n) is 5.43. The van der Waals surface area contributed by atoms with E-state index in [1.165, 1.54) is 12.8 Å². The summed E-state index contributed by atoms with van der Waals surface area (Å²) in [5.74, 6) is 1.90. The lowest BCUT2D eigenvalue weighted by Gasteiger charge is -2.27. The Kier molecular flexibility index (Phi) is 6.93. The van der Waals surface area contributed by atoms with Gasteiger partial charge < -0.3 is 20.5 Å². The molecule has 128 valence electrons. The van der Waals surface area contributed by atoms with Crippen molar-refractivity contribution in [2.24, 2.45) is 29.4 Å². The maximum absolute atomic E-state index is 12.2. The number of amides is 1. The van der Waals surface area contributed by atoms with Gasteiger partial charge in [0.1, 0.15) is 0 Å². The summed E-state index contributed by atoms with van der Waals surface area (Å²) in [6.07, 6.45) is 5.54. The molecule has 5 unspecified atom stereocenters. The number of hydrogen-bond donors (Lipinski definition) is 2. The molecule has 3 rings (SSSR count). The number of ether oxygens (including phenoxy) is 2. The van der Waals surface area contributed by atoms with Crippen molar-refractivity contribution in [2.45, 2.75) is 38.1 Å². The first-order chi connectivity index (χ1) is 10.3. The fraction of sp³-hybridized carbons (Fsp3) is 0.938. The molecule has 1 amide bonds. The summed E-state index contributed by atoms with van der Waals surface area (Å²) in [6, 6.07) is 0.0855. The summed E-state index contributed by atoms with van der Waals surface area (Å²) in [5.41, 5.74) is 6.19. The normalized spacial score (nSPS) is 36.3. The average molecular weight is 333 g/mol. The van der Waals surface area contributed by atoms with E-state index in [2.05, 4.69) is 5.32 Å². The highest BCUT2D eigenvalue weighted by Gasteiger charge is 2.48. The molecule has 6 heteroatoms. The van der Waals surface area contributed by atoms with E-state index >= 15 is 0 Å². The van der Waals surface area contributed by atoms with E-state index in [1.54, 1.807) is 0 Å². The first kappa shape index (κ1) is 18.0. The van der Waals surface area contributed by atoms with Crippen LogP contribution in [0.3, 0.4) is 0 Å². The van der Waals surface area contributed by atoms with Crippen LogP contribution >= 0.6 is 12.4 Å². The fourth-order valence-electron chi connectivity index (χ4n) is 4.19. The van der Waals surface area contributed by atoms with Gasteiger partial charge in [0.25, 0.3) is 0 Å². The van der Waals surface area contributed by atoms with Crippen molar-refractivity contribution >= 4 is 18.3 Å². The van der Waals surface area contributed by atoms with Gasteiger partial charge in [0.2, 0.25) is 5.91 Å². The van der Waals surface area contributed by atoms with Crippen molar-refractivity contribution in [1.82, 2.24) is 5.32 Å². The lowest BCUT2D eigenvalue weighted by atomic mass is 9.84. The number of nitrogens with two attached hydrogens (primary N) is 1. The third-order valence-corrected chi connectivity index (χ3v) is 5.43. The Labute approximate surface area is 139 Å². The van der Waals surface area contributed by atoms with Crippen LogP contribution in [0.25, 0.3) is 0 Å². The van der Waals surface area contributed by atoms with E-state index < -0.39 is 0 Å². The maximum Gasteiger partial charge on any atom is 0.224 e. The molecular formula is C16H29ClN2O3. The number of fused-ring (bicyclic) bond motifs is 2. The van der Waals surface area contributed by atoms with Crippen molar-refractivity contribution < 1.29 is 14.3 Å². The van der Waals surface area contributed by atoms with Crippen LogP contribution in [0.2, 0.25) is 0 Å². The summed E-state index contributed by atoms with van der Waals surface area (Å²) >= 11 is 0. The van der Waals surface area contributed by atoms with Crippen molar-refractivity contribution in [3.8, 4) is 0 Å². The summed E-state index contributed by atoms with van der Waals surface area (Å²) in [6.45, 7) is 3.89. The number of nitrogens with one attached hydrogen (secondary N) is 1. The standard InChI is InChI=1S/C16H28N2O3.ClH/c17-15-13-3-2-12(8-13)14(15)16(19)18-5-1-6-20-9-11-4-7-21-10-11;/h11-15H,1-10,17H2,(H,18,19);1H. The second-order valence-corrected chi connectivity index (χ2v) is 6.89. The molecule has 2 bridgehead atoms. The van der Waals surface area contributed by atoms with Crippen molar-refractivity contribution in [3.05, 3.63) is 0 Å². The Hall–Kier alpha value is -0.360. The van der Waals surface area contributed by atoms with Gasteiger partial charge in [-0.15, -0.1) is 12.4 Å². The van der Waals surface area contributed by atoms with Crippen LogP contribution in [0.4, 0.5) is 0 Å². The molecule has 3 aliphatic rings. The molecule has 2 saturated carbocycles. The Bertz CT molecular complexity index is 361. The third kappa shape index (κ3) is 4.13. The number of carbonyl (C=O) groups is 1. The van der Waals surface area contributed by atoms with Crippen molar-refractivity contribution in [3.63, 3.8) is 0 Å². The second-order valence-electron chi connectivity index (χ2n) is 6.89. The minimum absolute atomic E-state index is 0. The van der Waals surface area contributed by atoms with Gasteiger partial charge in [0.15, 0.2) is 0 Å². The lowest BCUT2D eigenvalue weighted by Crippen LogP contribution is -2.45. The van der Waals surface area contributed by atoms with Gasteiger partial charge in [-0.1, -0.05) is 0 Å². The monoisotopic (exact) mass is 332 g/mol. The van der Waals surface area contributed by atoms with Crippen molar-refractivity contribution in [1.29, 1.82) is 0 Å². The van der Waals surface area contributed by atoms with Crippen LogP contribution in [-0.2, 0) is 14.3 Å². The quantitative estimate of drug-likeness (QED) is 0.690. The zero-order valence-corrected chi connectivity index (χ0v) is 14.0. The van der Waals surface area contributed by atoms with Crippen molar-refractivity contribution in [2.75, 3.05) is 33.0 Å². The van der Waals surface area contributed by atoms with E-state index in [4.69, 9.17) is 15.2 Å². The molecule has 5 nitrogen and oxygen atoms in total. The summed E-state index contributed by atoms with van der Waals surface area (Å²) < 4.78 is 10.9. The smallest absolute Gasteiger partial charge is 0.224 e. The van der Waals surface area contributed by atoms with Crippen LogP contribution in [-0.4, -0.2) is 44.9 Å². The largest absolute Gasteiger partial charge is 0.381 e. The Morgan fingerprint density at radius 1 is 1.27 bits per heavy atom. The Morgan fingerprint density at radius 2 is 2.09 bits per heavy atom. The molecule has 1 heterocycles. The highest BCUT2D eigenvalue weighted by Crippen LogP contribution is 2.47. The number of carbonyl (C=O) groups excluding carboxylic acids is 1. The summed E-state index contributed by atoms with van der Waals surface area (Å²) in [4.78, 5) is 12.2. The second kappa shape index (κ2) is 8.48. The molecule has 2 aliphatic carbocycles. The fourth-order valence-corrected chi connectivity index (χ4v) is 4.19. The molecule has 0 aromatic carbocycles. The zero-order chi connectivity index (χ0) is 14.7. The molecule has 1 aliphatic heterocycles. The van der Waals surface area contributed by atoms with Gasteiger partial charge in [0, 0.05) is 31.7 Å². The van der Waals surface area contributed by atoms with Gasteiger partial charge in [-0.3, -0.25) is 4.79 Å². The summed E-state index contributed by atoms with van der Waals surface area (Å²) in [5, 5.41) is 3.04. The predicted octanol–water partition coefficient (Wildman–Crippen LogP) is 1.34. The van der Waals surface area contributed by atoms with E-state index in [0.717, 1.165) is 39.1 Å². The maximum atomic E-state index is 12.2. The Balaban J connectivity index is 0.00000176. The van der Waals surface area contributed by atoms with E-state index in [0.29, 0.717) is 30.9 Å². The topological polar surface area (TPSA) is 73.6 Å². The predicted molar refractivity (Wildman–Crippen MR) is 86.9 cm³/mol. The van der Waals surface area contributed by atoms with Gasteiger partial charge in [0.05, 0.1) is 19.1 Å². The first-order valence-corrected chi connectivity index (χ1v) is 8.44. The SMILES string of the molecule is Cl.NC1C2CCC(C2)C1C(=O)NCCCOCC1CCOC1. The minimum atomic E-state index is 0. The van der Waals surface area contributed by atoms with E-state index in [1.807, 2.05) is 0 Å². The molecule has 3 N–H and O–H groups in total. The van der Waals surface area contributed by atoms with Gasteiger partial charge in [-0.05, 0) is 43.9 Å². The molecule has 0 aromatic heterocycles. The lowest BCUT2D eigenvalue weighted by molar-refractivity contribution is -0.127. The summed E-state index contributed by atoms with van der Waals surface area (Å²) in [7, 11) is 0. The van der Waals surface area contributed by atoms with Crippen LogP contribution in [0, 0.1) is 23.7 Å². The van der Waals surface area contributed by atoms with Gasteiger partial charge >= 0.3 is 0 Å². The number of halogens is 1. The van der Waals surface area contributed by atoms with Crippen LogP contribution in [0.15, 0.2) is 0 Å². The molecule has 5 atom stereocenters. The average Bonchev–Trinajstić information content (AvgIpc) is 3.19. The first-order valence-electron chi connectivity index (χ1n) is 8.44. The molecule has 0 aromatic rings. The highest BCUT2D eigenvalue weighted by molar-refractivity contribution is 5.85. The molecule has 0 radical (unpaired) electrons. The number of rotatable bonds is 7. The van der Waals surface area contributed by atoms with Gasteiger partial charge in [-0.2, -0.15) is 0 Å². The molecular weight excluding hydrogens is 304 g/mol. The van der Waals surface area contributed by atoms with E-state index in [-0.39, 0.29) is 30.3 Å². The molecule has 3 fully saturated rings. The molecule has 1 saturated heterocycles. The van der Waals surface area contributed by atoms with Crippen LogP contribution in [0.1, 0.15) is 32.1 Å². The molecule has 22 heavy (non-hydrogen) atoms. The van der Waals surface area contributed by atoms with E-state index in [9.17, 15) is 4.79 Å². The minimum Gasteiger partial charge on any atom is -0.381 e. The Morgan fingerprint density at radius 3 is 2.77 bits per heavy atom. The number of hydrogen-bond acceptors (Lipinski definition) is 4. The van der Waals surface area contributed by atoms with Crippen LogP contribution < -0.4 is 11.1 Å². The van der Waals surface area contributed by atoms with Crippen LogP contribution in [0.5, 0.6) is 0 Å².